The fourth-order valence-corrected chi connectivity index (χ4v) is 5.10. The molecule has 0 bridgehead atoms. The van der Waals surface area contributed by atoms with Gasteiger partial charge in [-0.25, -0.2) is 19.3 Å². The highest BCUT2D eigenvalue weighted by Crippen LogP contribution is 2.34. The molecule has 0 radical (unpaired) electrons. The van der Waals surface area contributed by atoms with E-state index in [1.807, 2.05) is 13.1 Å². The highest BCUT2D eigenvalue weighted by molar-refractivity contribution is 6.33. The number of halogens is 2. The van der Waals surface area contributed by atoms with Gasteiger partial charge in [-0.05, 0) is 70.7 Å². The minimum atomic E-state index is -0.410. The Kier molecular flexibility index (Phi) is 9.17. The molecular weight excluding hydrogens is 497 g/mol. The zero-order chi connectivity index (χ0) is 26.5. The summed E-state index contributed by atoms with van der Waals surface area (Å²) in [7, 11) is 2.03. The van der Waals surface area contributed by atoms with Gasteiger partial charge in [0.05, 0.1) is 35.1 Å². The molecule has 0 amide bonds. The molecule has 1 unspecified atom stereocenters. The van der Waals surface area contributed by atoms with Crippen molar-refractivity contribution in [2.24, 2.45) is 5.92 Å². The Labute approximate surface area is 222 Å². The summed E-state index contributed by atoms with van der Waals surface area (Å²) in [4.78, 5) is 14.9. The largest absolute Gasteiger partial charge is 0.391 e. The maximum Gasteiger partial charge on any atom is 0.220 e. The van der Waals surface area contributed by atoms with E-state index in [9.17, 15) is 0 Å². The number of nitrogens with zero attached hydrogens (tertiary/aromatic N) is 5. The van der Waals surface area contributed by atoms with Crippen LogP contribution in [-0.4, -0.2) is 70.6 Å². The third-order valence-corrected chi connectivity index (χ3v) is 7.03. The van der Waals surface area contributed by atoms with Crippen LogP contribution >= 0.6 is 11.6 Å². The fourth-order valence-electron chi connectivity index (χ4n) is 4.90. The molecule has 202 valence electrons. The van der Waals surface area contributed by atoms with E-state index in [1.165, 1.54) is 12.3 Å². The number of nitrogens with one attached hydrogen (secondary N) is 1. The second kappa shape index (κ2) is 12.3. The lowest BCUT2D eigenvalue weighted by Crippen LogP contribution is -2.35. The van der Waals surface area contributed by atoms with Gasteiger partial charge in [-0.1, -0.05) is 11.6 Å². The van der Waals surface area contributed by atoms with Gasteiger partial charge in [-0.2, -0.15) is 0 Å². The molecule has 37 heavy (non-hydrogen) atoms. The predicted molar refractivity (Wildman–Crippen MR) is 145 cm³/mol. The van der Waals surface area contributed by atoms with Crippen LogP contribution in [0.2, 0.25) is 5.02 Å². The first kappa shape index (κ1) is 27.5. The van der Waals surface area contributed by atoms with E-state index in [-0.39, 0.29) is 18.1 Å². The second-order valence-corrected chi connectivity index (χ2v) is 10.5. The van der Waals surface area contributed by atoms with Crippen molar-refractivity contribution in [2.45, 2.75) is 51.7 Å². The minimum Gasteiger partial charge on any atom is -0.391 e. The third kappa shape index (κ3) is 6.67. The Morgan fingerprint density at radius 1 is 1.27 bits per heavy atom. The molecule has 0 aliphatic carbocycles. The predicted octanol–water partition coefficient (Wildman–Crippen LogP) is 4.04. The van der Waals surface area contributed by atoms with Crippen LogP contribution in [0.4, 0.5) is 16.3 Å². The smallest absolute Gasteiger partial charge is 0.220 e. The summed E-state index contributed by atoms with van der Waals surface area (Å²) in [6.07, 6.45) is 5.45. The summed E-state index contributed by atoms with van der Waals surface area (Å²) >= 11 is 6.26. The van der Waals surface area contributed by atoms with Gasteiger partial charge in [0.1, 0.15) is 5.52 Å². The molecule has 9 nitrogen and oxygen atoms in total. The summed E-state index contributed by atoms with van der Waals surface area (Å²) in [5.41, 5.74) is 7.73. The average molecular weight is 534 g/mol. The van der Waals surface area contributed by atoms with Gasteiger partial charge in [0, 0.05) is 31.8 Å². The third-order valence-electron chi connectivity index (χ3n) is 6.75. The number of aliphatic hydroxyl groups is 1. The van der Waals surface area contributed by atoms with Crippen molar-refractivity contribution in [3.63, 3.8) is 0 Å². The molecule has 2 aromatic heterocycles. The van der Waals surface area contributed by atoms with Gasteiger partial charge in [0.15, 0.2) is 5.82 Å². The standard InChI is InChI=1S/C21H27ClFN7.C5H10O2/c1-12(2)30-17-9-14(18-15(22)10-26-20(24)27-18)8-16(23)19(17)28-21(30)29(3)11-13-4-6-25-7-5-13;6-5-2-1-3-7-4-5/h8-10,12-13,25H,4-7,11H2,1-3H3,(H2,24,26,27);5-6H,1-4H2. The maximum absolute atomic E-state index is 15.1. The lowest BCUT2D eigenvalue weighted by atomic mass is 9.98. The number of anilines is 2. The summed E-state index contributed by atoms with van der Waals surface area (Å²) in [6.45, 7) is 8.49. The van der Waals surface area contributed by atoms with Crippen LogP contribution < -0.4 is 16.0 Å². The van der Waals surface area contributed by atoms with E-state index in [1.54, 1.807) is 0 Å². The van der Waals surface area contributed by atoms with Crippen LogP contribution in [0.15, 0.2) is 18.3 Å². The molecule has 2 saturated heterocycles. The molecule has 1 atom stereocenters. The number of piperidine rings is 1. The van der Waals surface area contributed by atoms with Gasteiger partial charge in [0.2, 0.25) is 11.9 Å². The summed E-state index contributed by atoms with van der Waals surface area (Å²) in [5.74, 6) is 1.05. The fraction of sp³-hybridized carbons (Fsp3) is 0.577. The van der Waals surface area contributed by atoms with Crippen molar-refractivity contribution in [3.05, 3.63) is 29.2 Å². The van der Waals surface area contributed by atoms with E-state index in [0.717, 1.165) is 57.9 Å². The number of hydrogen-bond donors (Lipinski definition) is 3. The summed E-state index contributed by atoms with van der Waals surface area (Å²) < 4.78 is 22.1. The Morgan fingerprint density at radius 2 is 2.03 bits per heavy atom. The first-order valence-electron chi connectivity index (χ1n) is 12.9. The summed E-state index contributed by atoms with van der Waals surface area (Å²) in [6, 6.07) is 3.38. The Bertz CT molecular complexity index is 1190. The first-order valence-corrected chi connectivity index (χ1v) is 13.3. The number of ether oxygens (including phenoxy) is 1. The average Bonchev–Trinajstić information content (AvgIpc) is 3.28. The molecule has 1 aromatic carbocycles. The molecule has 11 heteroatoms. The van der Waals surface area contributed by atoms with E-state index < -0.39 is 5.82 Å². The number of aliphatic hydroxyl groups excluding tert-OH is 1. The molecule has 5 rings (SSSR count). The summed E-state index contributed by atoms with van der Waals surface area (Å²) in [5, 5.41) is 12.5. The van der Waals surface area contributed by atoms with Crippen LogP contribution in [-0.2, 0) is 4.74 Å². The van der Waals surface area contributed by atoms with Crippen molar-refractivity contribution < 1.29 is 14.2 Å². The molecule has 2 aliphatic rings. The topological polar surface area (TPSA) is 114 Å². The normalized spacial score (nSPS) is 18.6. The molecule has 0 saturated carbocycles. The highest BCUT2D eigenvalue weighted by atomic mass is 35.5. The quantitative estimate of drug-likeness (QED) is 0.450. The number of rotatable bonds is 5. The van der Waals surface area contributed by atoms with E-state index >= 15 is 4.39 Å². The van der Waals surface area contributed by atoms with Crippen molar-refractivity contribution >= 4 is 34.5 Å². The Balaban J connectivity index is 0.000000396. The Morgan fingerprint density at radius 3 is 2.65 bits per heavy atom. The zero-order valence-corrected chi connectivity index (χ0v) is 22.5. The monoisotopic (exact) mass is 533 g/mol. The zero-order valence-electron chi connectivity index (χ0n) is 21.8. The lowest BCUT2D eigenvalue weighted by molar-refractivity contribution is -0.00535. The SMILES string of the molecule is CC(C)n1c(N(C)CC2CCNCC2)nc2c(F)cc(-c3nc(N)ncc3Cl)cc21.OC1CCCOC1. The molecule has 0 spiro atoms. The van der Waals surface area contributed by atoms with Gasteiger partial charge in [-0.3, -0.25) is 0 Å². The first-order chi connectivity index (χ1) is 17.7. The number of aromatic nitrogens is 4. The van der Waals surface area contributed by atoms with Crippen LogP contribution in [0.1, 0.15) is 45.6 Å². The minimum absolute atomic E-state index is 0.0923. The van der Waals surface area contributed by atoms with Crippen molar-refractivity contribution in [2.75, 3.05) is 50.5 Å². The van der Waals surface area contributed by atoms with Gasteiger partial charge < -0.3 is 30.4 Å². The second-order valence-electron chi connectivity index (χ2n) is 10.1. The van der Waals surface area contributed by atoms with Crippen LogP contribution in [0, 0.1) is 11.7 Å². The lowest BCUT2D eigenvalue weighted by Gasteiger charge is -2.29. The molecule has 4 N–H and O–H groups in total. The number of nitrogen functional groups attached to an aromatic ring is 1. The van der Waals surface area contributed by atoms with Crippen molar-refractivity contribution in [1.29, 1.82) is 0 Å². The van der Waals surface area contributed by atoms with Crippen molar-refractivity contribution in [1.82, 2.24) is 24.8 Å². The highest BCUT2D eigenvalue weighted by Gasteiger charge is 2.23. The molecule has 4 heterocycles. The van der Waals surface area contributed by atoms with E-state index in [4.69, 9.17) is 27.2 Å². The molecule has 2 aliphatic heterocycles. The van der Waals surface area contributed by atoms with Crippen LogP contribution in [0.3, 0.4) is 0 Å². The van der Waals surface area contributed by atoms with Crippen LogP contribution in [0.5, 0.6) is 0 Å². The number of hydrogen-bond acceptors (Lipinski definition) is 8. The number of benzene rings is 1. The van der Waals surface area contributed by atoms with Crippen molar-refractivity contribution in [3.8, 4) is 11.3 Å². The number of nitrogens with two attached hydrogens (primary N) is 1. The molecule has 3 aromatic rings. The molecule has 2 fully saturated rings. The number of imidazole rings is 1. The van der Waals surface area contributed by atoms with E-state index in [2.05, 4.69) is 43.6 Å². The van der Waals surface area contributed by atoms with Gasteiger partial charge >= 0.3 is 0 Å². The number of fused-ring (bicyclic) bond motifs is 1. The maximum atomic E-state index is 15.1. The Hall–Kier alpha value is -2.53. The van der Waals surface area contributed by atoms with Crippen LogP contribution in [0.25, 0.3) is 22.3 Å². The van der Waals surface area contributed by atoms with Gasteiger partial charge in [0.25, 0.3) is 0 Å². The van der Waals surface area contributed by atoms with E-state index in [0.29, 0.717) is 39.8 Å². The van der Waals surface area contributed by atoms with Gasteiger partial charge in [-0.15, -0.1) is 0 Å². The molecular formula is C26H37ClFN7O2.